The second-order valence-electron chi connectivity index (χ2n) is 5.95. The first-order chi connectivity index (χ1) is 12.9. The molecule has 1 atom stereocenters. The zero-order chi connectivity index (χ0) is 19.8. The molecule has 0 saturated heterocycles. The Bertz CT molecular complexity index is 874. The lowest BCUT2D eigenvalue weighted by Gasteiger charge is -2.12. The second kappa shape index (κ2) is 9.35. The molecule has 0 unspecified atom stereocenters. The maximum atomic E-state index is 12.4. The highest BCUT2D eigenvalue weighted by molar-refractivity contribution is 6.03. The minimum atomic E-state index is -0.989. The number of ether oxygens (including phenoxy) is 2. The molecule has 0 spiro atoms. The van der Waals surface area contributed by atoms with Gasteiger partial charge in [-0.05, 0) is 44.5 Å². The monoisotopic (exact) mass is 363 g/mol. The summed E-state index contributed by atoms with van der Waals surface area (Å²) in [5.74, 6) is -0.450. The minimum absolute atomic E-state index is 0.178. The average Bonchev–Trinajstić information content (AvgIpc) is 2.67. The highest BCUT2D eigenvalue weighted by atomic mass is 16.5. The first-order valence-corrected chi connectivity index (χ1v) is 8.61. The standard InChI is InChI=1S/C22H21NO4/c1-4-26-20-11-7-17(8-12-20)13-19(14-23)22(25)27-16(3)21(24)18-9-5-15(2)6-10-18/h5-13,16H,4H2,1-3H3/b19-13+/t16-/m1/s1. The van der Waals surface area contributed by atoms with E-state index in [0.29, 0.717) is 23.5 Å². The normalized spacial score (nSPS) is 12.0. The molecule has 2 rings (SSSR count). The van der Waals surface area contributed by atoms with Crippen LogP contribution in [0, 0.1) is 18.3 Å². The van der Waals surface area contributed by atoms with Crippen LogP contribution in [-0.4, -0.2) is 24.5 Å². The number of Topliss-reactive ketones (excluding diaryl/α,β-unsaturated/α-hetero) is 1. The summed E-state index contributed by atoms with van der Waals surface area (Å²) in [6.45, 7) is 5.85. The largest absolute Gasteiger partial charge is 0.494 e. The molecule has 2 aromatic carbocycles. The topological polar surface area (TPSA) is 76.4 Å². The van der Waals surface area contributed by atoms with E-state index in [4.69, 9.17) is 9.47 Å². The number of nitriles is 1. The van der Waals surface area contributed by atoms with Crippen molar-refractivity contribution in [1.29, 1.82) is 5.26 Å². The van der Waals surface area contributed by atoms with Gasteiger partial charge in [-0.15, -0.1) is 0 Å². The number of hydrogen-bond donors (Lipinski definition) is 0. The number of carbonyl (C=O) groups excluding carboxylic acids is 2. The van der Waals surface area contributed by atoms with Crippen molar-refractivity contribution in [2.75, 3.05) is 6.61 Å². The van der Waals surface area contributed by atoms with Crippen molar-refractivity contribution in [3.63, 3.8) is 0 Å². The molecule has 5 nitrogen and oxygen atoms in total. The van der Waals surface area contributed by atoms with Gasteiger partial charge in [0.25, 0.3) is 0 Å². The van der Waals surface area contributed by atoms with E-state index in [0.717, 1.165) is 5.56 Å². The van der Waals surface area contributed by atoms with Gasteiger partial charge in [-0.2, -0.15) is 5.26 Å². The Morgan fingerprint density at radius 3 is 2.30 bits per heavy atom. The van der Waals surface area contributed by atoms with Crippen LogP contribution in [0.15, 0.2) is 54.1 Å². The van der Waals surface area contributed by atoms with Crippen molar-refractivity contribution < 1.29 is 19.1 Å². The van der Waals surface area contributed by atoms with Crippen LogP contribution < -0.4 is 4.74 Å². The van der Waals surface area contributed by atoms with Crippen molar-refractivity contribution in [2.45, 2.75) is 26.9 Å². The fraction of sp³-hybridized carbons (Fsp3) is 0.227. The Kier molecular flexibility index (Phi) is 6.90. The Morgan fingerprint density at radius 2 is 1.74 bits per heavy atom. The van der Waals surface area contributed by atoms with Crippen molar-refractivity contribution in [3.8, 4) is 11.8 Å². The maximum Gasteiger partial charge on any atom is 0.349 e. The van der Waals surface area contributed by atoms with E-state index in [1.807, 2.05) is 32.0 Å². The van der Waals surface area contributed by atoms with Crippen LogP contribution in [0.25, 0.3) is 6.08 Å². The number of nitrogens with zero attached hydrogens (tertiary/aromatic N) is 1. The highest BCUT2D eigenvalue weighted by Crippen LogP contribution is 2.16. The molecule has 0 aliphatic rings. The third kappa shape index (κ3) is 5.55. The molecule has 2 aromatic rings. The van der Waals surface area contributed by atoms with Crippen molar-refractivity contribution in [3.05, 3.63) is 70.8 Å². The van der Waals surface area contributed by atoms with Crippen LogP contribution in [0.5, 0.6) is 5.75 Å². The molecule has 5 heteroatoms. The van der Waals surface area contributed by atoms with Crippen LogP contribution in [0.2, 0.25) is 0 Å². The molecular formula is C22H21NO4. The van der Waals surface area contributed by atoms with Crippen LogP contribution in [0.1, 0.15) is 35.3 Å². The third-order valence-electron chi connectivity index (χ3n) is 3.83. The van der Waals surface area contributed by atoms with Crippen molar-refractivity contribution in [2.24, 2.45) is 0 Å². The van der Waals surface area contributed by atoms with Gasteiger partial charge in [-0.3, -0.25) is 4.79 Å². The number of carbonyl (C=O) groups is 2. The third-order valence-corrected chi connectivity index (χ3v) is 3.83. The highest BCUT2D eigenvalue weighted by Gasteiger charge is 2.21. The molecule has 0 aliphatic heterocycles. The van der Waals surface area contributed by atoms with Gasteiger partial charge in [0.1, 0.15) is 17.4 Å². The molecule has 138 valence electrons. The smallest absolute Gasteiger partial charge is 0.349 e. The molecule has 0 aliphatic carbocycles. The summed E-state index contributed by atoms with van der Waals surface area (Å²) >= 11 is 0. The SMILES string of the molecule is CCOc1ccc(/C=C(\C#N)C(=O)O[C@H](C)C(=O)c2ccc(C)cc2)cc1. The molecule has 0 N–H and O–H groups in total. The van der Waals surface area contributed by atoms with Gasteiger partial charge in [0, 0.05) is 5.56 Å². The predicted octanol–water partition coefficient (Wildman–Crippen LogP) is 4.12. The van der Waals surface area contributed by atoms with E-state index in [-0.39, 0.29) is 11.4 Å². The van der Waals surface area contributed by atoms with Gasteiger partial charge in [0.2, 0.25) is 5.78 Å². The fourth-order valence-corrected chi connectivity index (χ4v) is 2.36. The van der Waals surface area contributed by atoms with Gasteiger partial charge < -0.3 is 9.47 Å². The second-order valence-corrected chi connectivity index (χ2v) is 5.95. The summed E-state index contributed by atoms with van der Waals surface area (Å²) in [5.41, 5.74) is 1.96. The summed E-state index contributed by atoms with van der Waals surface area (Å²) in [6, 6.07) is 15.8. The molecule has 27 heavy (non-hydrogen) atoms. The van der Waals surface area contributed by atoms with Gasteiger partial charge in [-0.1, -0.05) is 42.0 Å². The predicted molar refractivity (Wildman–Crippen MR) is 102 cm³/mol. The van der Waals surface area contributed by atoms with E-state index < -0.39 is 12.1 Å². The molecule has 0 bridgehead atoms. The lowest BCUT2D eigenvalue weighted by atomic mass is 10.1. The Hall–Kier alpha value is -3.39. The summed E-state index contributed by atoms with van der Waals surface area (Å²) < 4.78 is 10.5. The lowest BCUT2D eigenvalue weighted by molar-refractivity contribution is -0.141. The van der Waals surface area contributed by atoms with Crippen LogP contribution in [-0.2, 0) is 9.53 Å². The summed E-state index contributed by atoms with van der Waals surface area (Å²) in [4.78, 5) is 24.6. The fourth-order valence-electron chi connectivity index (χ4n) is 2.36. The van der Waals surface area contributed by atoms with Gasteiger partial charge in [-0.25, -0.2) is 4.79 Å². The van der Waals surface area contributed by atoms with Crippen molar-refractivity contribution in [1.82, 2.24) is 0 Å². The molecule has 0 heterocycles. The first kappa shape index (κ1) is 19.9. The Labute approximate surface area is 158 Å². The van der Waals surface area contributed by atoms with Crippen LogP contribution in [0.3, 0.4) is 0 Å². The Morgan fingerprint density at radius 1 is 1.11 bits per heavy atom. The van der Waals surface area contributed by atoms with Gasteiger partial charge in [0.15, 0.2) is 6.10 Å². The van der Waals surface area contributed by atoms with E-state index in [9.17, 15) is 14.9 Å². The van der Waals surface area contributed by atoms with Crippen molar-refractivity contribution >= 4 is 17.8 Å². The molecule has 0 amide bonds. The van der Waals surface area contributed by atoms with Gasteiger partial charge >= 0.3 is 5.97 Å². The van der Waals surface area contributed by atoms with E-state index in [1.165, 1.54) is 13.0 Å². The number of benzene rings is 2. The number of ketones is 1. The maximum absolute atomic E-state index is 12.4. The minimum Gasteiger partial charge on any atom is -0.494 e. The first-order valence-electron chi connectivity index (χ1n) is 8.61. The van der Waals surface area contributed by atoms with E-state index >= 15 is 0 Å². The summed E-state index contributed by atoms with van der Waals surface area (Å²) in [5, 5.41) is 9.27. The number of hydrogen-bond acceptors (Lipinski definition) is 5. The van der Waals surface area contributed by atoms with E-state index in [1.54, 1.807) is 36.4 Å². The molecule has 0 radical (unpaired) electrons. The lowest BCUT2D eigenvalue weighted by Crippen LogP contribution is -2.25. The quantitative estimate of drug-likeness (QED) is 0.320. The molecule has 0 fully saturated rings. The molecule has 0 aromatic heterocycles. The average molecular weight is 363 g/mol. The number of aryl methyl sites for hydroxylation is 1. The van der Waals surface area contributed by atoms with Gasteiger partial charge in [0.05, 0.1) is 6.61 Å². The number of rotatable bonds is 7. The van der Waals surface area contributed by atoms with E-state index in [2.05, 4.69) is 0 Å². The zero-order valence-electron chi connectivity index (χ0n) is 15.6. The number of esters is 1. The summed E-state index contributed by atoms with van der Waals surface area (Å²) in [7, 11) is 0. The molecular weight excluding hydrogens is 342 g/mol. The van der Waals surface area contributed by atoms with Crippen LogP contribution in [0.4, 0.5) is 0 Å². The van der Waals surface area contributed by atoms with Crippen LogP contribution >= 0.6 is 0 Å². The Balaban J connectivity index is 2.08. The molecule has 0 saturated carbocycles. The zero-order valence-corrected chi connectivity index (χ0v) is 15.6. The summed E-state index contributed by atoms with van der Waals surface area (Å²) in [6.07, 6.45) is 0.429.